The second-order valence-corrected chi connectivity index (χ2v) is 16.8. The van der Waals surface area contributed by atoms with Gasteiger partial charge in [0.2, 0.25) is 27.7 Å². The lowest BCUT2D eigenvalue weighted by molar-refractivity contribution is -0.142. The van der Waals surface area contributed by atoms with E-state index in [4.69, 9.17) is 9.47 Å². The average molecular weight is 722 g/mol. The van der Waals surface area contributed by atoms with Crippen LogP contribution < -0.4 is 20.1 Å². The first-order chi connectivity index (χ1) is 24.6. The third kappa shape index (κ3) is 7.56. The van der Waals surface area contributed by atoms with Gasteiger partial charge in [-0.1, -0.05) is 37.5 Å². The van der Waals surface area contributed by atoms with Gasteiger partial charge in [0, 0.05) is 23.9 Å². The average Bonchev–Trinajstić information content (AvgIpc) is 4.05. The summed E-state index contributed by atoms with van der Waals surface area (Å²) in [5.74, 6) is -2.09. The summed E-state index contributed by atoms with van der Waals surface area (Å²) in [4.78, 5) is 61.5. The minimum atomic E-state index is -3.87. The summed E-state index contributed by atoms with van der Waals surface area (Å²) in [6, 6.07) is 6.08. The van der Waals surface area contributed by atoms with Crippen molar-refractivity contribution >= 4 is 44.6 Å². The highest BCUT2D eigenvalue weighted by atomic mass is 32.2. The molecule has 4 bridgehead atoms. The third-order valence-corrected chi connectivity index (χ3v) is 13.0. The molecule has 3 N–H and O–H groups in total. The van der Waals surface area contributed by atoms with Crippen LogP contribution in [0.3, 0.4) is 0 Å². The Morgan fingerprint density at radius 2 is 1.82 bits per heavy atom. The second-order valence-electron chi connectivity index (χ2n) is 14.8. The van der Waals surface area contributed by atoms with Crippen molar-refractivity contribution in [2.45, 2.75) is 112 Å². The fraction of sp³-hybridized carbons (Fsp3) is 0.595. The summed E-state index contributed by atoms with van der Waals surface area (Å²) in [7, 11) is -3.87. The molecule has 4 amide bonds. The third-order valence-electron chi connectivity index (χ3n) is 11.2. The Kier molecular flexibility index (Phi) is 9.97. The Hall–Kier alpha value is -4.20. The summed E-state index contributed by atoms with van der Waals surface area (Å²) in [5.41, 5.74) is -0.400. The lowest BCUT2D eigenvalue weighted by Gasteiger charge is -2.34. The lowest BCUT2D eigenvalue weighted by Crippen LogP contribution is -2.59. The second kappa shape index (κ2) is 14.4. The van der Waals surface area contributed by atoms with E-state index in [1.54, 1.807) is 6.20 Å². The number of hydrogen-bond acceptors (Lipinski definition) is 9. The maximum absolute atomic E-state index is 14.6. The summed E-state index contributed by atoms with van der Waals surface area (Å²) >= 11 is 0. The molecule has 0 unspecified atom stereocenters. The molecule has 1 aromatic carbocycles. The molecule has 2 aromatic rings. The number of cyclic esters (lactones) is 1. The number of ether oxygens (including phenoxy) is 2. The normalized spacial score (nSPS) is 29.2. The molecule has 13 nitrogen and oxygen atoms in total. The number of carbonyl (C=O) groups excluding carboxylic acids is 4. The van der Waals surface area contributed by atoms with Crippen molar-refractivity contribution in [3.63, 3.8) is 0 Å². The molecule has 2 aliphatic heterocycles. The number of nitrogens with one attached hydrogen (secondary N) is 3. The maximum atomic E-state index is 14.6. The highest BCUT2D eigenvalue weighted by Crippen LogP contribution is 2.45. The standard InChI is InChI=1S/C37H47N5O8S/c1-2-26-21-37(26,35(45)41-51(47,48)28-14-15-28)40-32(43)30-20-27-22-42(30)34(44)31(25-10-6-3-7-11-25)39-36(46)49-18-8-4-5-9-23-12-13-24-16-17-38-33(50-27)29(24)19-23/h2,12-13,16-17,19,25-28,30-31H,1,3-11,14-15,18,20-22H2,(H,39,46)(H,40,43)(H,41,45)/t26-,27+,30-,31-,37+/m0/s1. The minimum absolute atomic E-state index is 0.0365. The van der Waals surface area contributed by atoms with Crippen LogP contribution in [-0.4, -0.2) is 84.2 Å². The quantitative estimate of drug-likeness (QED) is 0.361. The first kappa shape index (κ1) is 35.2. The Morgan fingerprint density at radius 3 is 2.57 bits per heavy atom. The topological polar surface area (TPSA) is 173 Å². The van der Waals surface area contributed by atoms with Gasteiger partial charge in [0.05, 0.1) is 18.4 Å². The van der Waals surface area contributed by atoms with Crippen LogP contribution in [0.15, 0.2) is 43.1 Å². The predicted octanol–water partition coefficient (Wildman–Crippen LogP) is 3.65. The first-order valence-electron chi connectivity index (χ1n) is 18.4. The first-order valence-corrected chi connectivity index (χ1v) is 19.9. The number of fused-ring (bicyclic) bond motifs is 3. The van der Waals surface area contributed by atoms with E-state index < -0.39 is 68.7 Å². The molecule has 0 spiro atoms. The molecule has 274 valence electrons. The molecule has 51 heavy (non-hydrogen) atoms. The van der Waals surface area contributed by atoms with Crippen LogP contribution in [0.2, 0.25) is 0 Å². The number of alkyl carbamates (subject to hydrolysis) is 1. The van der Waals surface area contributed by atoms with E-state index >= 15 is 0 Å². The van der Waals surface area contributed by atoms with Crippen molar-refractivity contribution in [3.05, 3.63) is 48.7 Å². The Bertz CT molecular complexity index is 1810. The van der Waals surface area contributed by atoms with Gasteiger partial charge < -0.3 is 25.0 Å². The fourth-order valence-electron chi connectivity index (χ4n) is 7.96. The van der Waals surface area contributed by atoms with Gasteiger partial charge in [0.15, 0.2) is 0 Å². The molecule has 7 rings (SSSR count). The van der Waals surface area contributed by atoms with Crippen LogP contribution in [0, 0.1) is 11.8 Å². The van der Waals surface area contributed by atoms with Crippen LogP contribution in [0.5, 0.6) is 5.88 Å². The number of nitrogens with zero attached hydrogens (tertiary/aromatic N) is 2. The molecule has 0 radical (unpaired) electrons. The van der Waals surface area contributed by atoms with Crippen molar-refractivity contribution in [2.75, 3.05) is 13.2 Å². The number of pyridine rings is 1. The van der Waals surface area contributed by atoms with Gasteiger partial charge >= 0.3 is 6.09 Å². The number of aryl methyl sites for hydroxylation is 1. The van der Waals surface area contributed by atoms with Crippen molar-refractivity contribution in [2.24, 2.45) is 11.8 Å². The van der Waals surface area contributed by atoms with Gasteiger partial charge in [-0.2, -0.15) is 0 Å². The number of hydrogen-bond donors (Lipinski definition) is 3. The zero-order valence-corrected chi connectivity index (χ0v) is 29.6. The van der Waals surface area contributed by atoms with Gasteiger partial charge in [-0.15, -0.1) is 6.58 Å². The Morgan fingerprint density at radius 1 is 1.04 bits per heavy atom. The minimum Gasteiger partial charge on any atom is -0.472 e. The number of rotatable bonds is 7. The molecule has 5 atom stereocenters. The van der Waals surface area contributed by atoms with E-state index in [1.165, 1.54) is 11.0 Å². The highest BCUT2D eigenvalue weighted by molar-refractivity contribution is 7.91. The molecule has 3 saturated carbocycles. The van der Waals surface area contributed by atoms with Crippen molar-refractivity contribution in [1.29, 1.82) is 0 Å². The van der Waals surface area contributed by atoms with E-state index in [1.807, 2.05) is 12.1 Å². The SMILES string of the molecule is C=C[C@H]1C[C@]1(NC(=O)[C@@H]1C[C@@H]2CN1C(=O)[C@H](C1CCCCC1)NC(=O)OCCCCCc1ccc3ccnc(c3c1)O2)C(=O)NS(=O)(=O)C1CC1. The molecule has 14 heteroatoms. The van der Waals surface area contributed by atoms with Crippen LogP contribution in [0.4, 0.5) is 4.79 Å². The monoisotopic (exact) mass is 721 g/mol. The number of sulfonamides is 1. The van der Waals surface area contributed by atoms with Crippen LogP contribution in [0.25, 0.3) is 10.8 Å². The molecular formula is C37H47N5O8S. The number of benzene rings is 1. The molecule has 3 heterocycles. The van der Waals surface area contributed by atoms with E-state index in [-0.39, 0.29) is 31.9 Å². The summed E-state index contributed by atoms with van der Waals surface area (Å²) < 4.78 is 39.6. The van der Waals surface area contributed by atoms with Crippen LogP contribution in [0.1, 0.15) is 82.6 Å². The molecule has 5 aliphatic rings. The van der Waals surface area contributed by atoms with E-state index in [0.717, 1.165) is 67.7 Å². The smallest absolute Gasteiger partial charge is 0.407 e. The summed E-state index contributed by atoms with van der Waals surface area (Å²) in [5, 5.41) is 6.85. The summed E-state index contributed by atoms with van der Waals surface area (Å²) in [6.07, 6.45) is 10.7. The Labute approximate surface area is 298 Å². The Balaban J connectivity index is 1.20. The molecule has 4 fully saturated rings. The van der Waals surface area contributed by atoms with Crippen molar-refractivity contribution in [3.8, 4) is 5.88 Å². The van der Waals surface area contributed by atoms with Gasteiger partial charge in [0.25, 0.3) is 5.91 Å². The van der Waals surface area contributed by atoms with Crippen molar-refractivity contribution in [1.82, 2.24) is 25.2 Å². The van der Waals surface area contributed by atoms with E-state index in [9.17, 15) is 27.6 Å². The fourth-order valence-corrected chi connectivity index (χ4v) is 9.32. The zero-order valence-electron chi connectivity index (χ0n) is 28.8. The lowest BCUT2D eigenvalue weighted by atomic mass is 9.83. The predicted molar refractivity (Wildman–Crippen MR) is 188 cm³/mol. The molecule has 1 saturated heterocycles. The highest BCUT2D eigenvalue weighted by Gasteiger charge is 2.62. The van der Waals surface area contributed by atoms with Crippen LogP contribution in [-0.2, 0) is 35.6 Å². The maximum Gasteiger partial charge on any atom is 0.407 e. The summed E-state index contributed by atoms with van der Waals surface area (Å²) in [6.45, 7) is 4.05. The molecule has 3 aliphatic carbocycles. The number of aromatic nitrogens is 1. The van der Waals surface area contributed by atoms with Gasteiger partial charge in [-0.3, -0.25) is 19.1 Å². The van der Waals surface area contributed by atoms with Gasteiger partial charge in [0.1, 0.15) is 23.7 Å². The van der Waals surface area contributed by atoms with Gasteiger partial charge in [-0.25, -0.2) is 18.2 Å². The molecular weight excluding hydrogens is 675 g/mol. The largest absolute Gasteiger partial charge is 0.472 e. The zero-order chi connectivity index (χ0) is 35.8. The van der Waals surface area contributed by atoms with E-state index in [2.05, 4.69) is 39.1 Å². The van der Waals surface area contributed by atoms with Crippen LogP contribution >= 0.6 is 0 Å². The molecule has 1 aromatic heterocycles. The van der Waals surface area contributed by atoms with Gasteiger partial charge in [-0.05, 0) is 86.8 Å². The number of carbonyl (C=O) groups is 4. The van der Waals surface area contributed by atoms with Crippen molar-refractivity contribution < 1.29 is 37.1 Å². The number of amides is 4. The van der Waals surface area contributed by atoms with E-state index in [0.29, 0.717) is 25.1 Å².